The van der Waals surface area contributed by atoms with Crippen molar-refractivity contribution in [2.45, 2.75) is 18.9 Å². The smallest absolute Gasteiger partial charge is 0.251 e. The number of nitrogens with one attached hydrogen (secondary N) is 3. The van der Waals surface area contributed by atoms with Crippen molar-refractivity contribution < 1.29 is 14.4 Å². The lowest BCUT2D eigenvalue weighted by Gasteiger charge is -2.07. The number of halogens is 1. The molecule has 5 N–H and O–H groups in total. The molecule has 7 nitrogen and oxygen atoms in total. The second kappa shape index (κ2) is 8.35. The topological polar surface area (TPSA) is 113 Å². The van der Waals surface area contributed by atoms with Crippen molar-refractivity contribution in [3.63, 3.8) is 0 Å². The van der Waals surface area contributed by atoms with Gasteiger partial charge in [0.1, 0.15) is 0 Å². The van der Waals surface area contributed by atoms with Gasteiger partial charge in [-0.1, -0.05) is 0 Å². The molecule has 1 aliphatic carbocycles. The molecule has 0 heterocycles. The molecular weight excluding hydrogens is 308 g/mol. The molecule has 1 aromatic carbocycles. The third kappa shape index (κ3) is 5.71. The Kier molecular flexibility index (Phi) is 6.81. The Balaban J connectivity index is 0.00000242. The lowest BCUT2D eigenvalue weighted by Crippen LogP contribution is -2.36. The summed E-state index contributed by atoms with van der Waals surface area (Å²) in [5.74, 6) is -0.852. The highest BCUT2D eigenvalue weighted by Crippen LogP contribution is 2.19. The van der Waals surface area contributed by atoms with Crippen LogP contribution in [0.3, 0.4) is 0 Å². The van der Waals surface area contributed by atoms with E-state index in [1.54, 1.807) is 24.3 Å². The molecule has 0 saturated heterocycles. The van der Waals surface area contributed by atoms with Gasteiger partial charge in [0.2, 0.25) is 11.8 Å². The summed E-state index contributed by atoms with van der Waals surface area (Å²) in [6, 6.07) is 6.88. The number of hydrogen-bond donors (Lipinski definition) is 4. The van der Waals surface area contributed by atoms with Crippen molar-refractivity contribution in [2.75, 3.05) is 18.4 Å². The number of amides is 3. The minimum atomic E-state index is -0.391. The molecule has 1 aliphatic rings. The van der Waals surface area contributed by atoms with E-state index in [0.717, 1.165) is 12.8 Å². The number of nitrogens with two attached hydrogens (primary N) is 1. The molecule has 22 heavy (non-hydrogen) atoms. The van der Waals surface area contributed by atoms with Crippen molar-refractivity contribution >= 4 is 35.8 Å². The maximum atomic E-state index is 11.8. The molecule has 0 aliphatic heterocycles. The number of anilines is 1. The number of benzene rings is 1. The zero-order chi connectivity index (χ0) is 15.2. The van der Waals surface area contributed by atoms with Crippen LogP contribution in [0.2, 0.25) is 0 Å². The van der Waals surface area contributed by atoms with Crippen LogP contribution >= 0.6 is 12.4 Å². The first-order valence-electron chi connectivity index (χ1n) is 6.76. The molecule has 2 rings (SSSR count). The van der Waals surface area contributed by atoms with E-state index in [4.69, 9.17) is 5.73 Å². The van der Waals surface area contributed by atoms with Gasteiger partial charge >= 0.3 is 0 Å². The van der Waals surface area contributed by atoms with Crippen LogP contribution in [-0.2, 0) is 9.59 Å². The summed E-state index contributed by atoms with van der Waals surface area (Å²) in [5, 5.41) is 7.87. The molecule has 0 bridgehead atoms. The first-order valence-corrected chi connectivity index (χ1v) is 6.76. The maximum absolute atomic E-state index is 11.8. The summed E-state index contributed by atoms with van der Waals surface area (Å²) in [7, 11) is 0. The van der Waals surface area contributed by atoms with E-state index >= 15 is 0 Å². The third-order valence-electron chi connectivity index (χ3n) is 2.97. The maximum Gasteiger partial charge on any atom is 0.251 e. The molecular formula is C14H19ClN4O3. The van der Waals surface area contributed by atoms with Crippen LogP contribution in [0.4, 0.5) is 5.69 Å². The first kappa shape index (κ1) is 17.9. The molecule has 0 unspecified atom stereocenters. The van der Waals surface area contributed by atoms with E-state index in [1.165, 1.54) is 0 Å². The van der Waals surface area contributed by atoms with Crippen molar-refractivity contribution in [1.82, 2.24) is 10.6 Å². The molecule has 0 aromatic heterocycles. The summed E-state index contributed by atoms with van der Waals surface area (Å²) < 4.78 is 0. The van der Waals surface area contributed by atoms with Crippen molar-refractivity contribution in [3.8, 4) is 0 Å². The Labute approximate surface area is 134 Å². The molecule has 0 atom stereocenters. The normalized spacial score (nSPS) is 12.8. The Morgan fingerprint density at radius 3 is 2.27 bits per heavy atom. The van der Waals surface area contributed by atoms with E-state index in [1.807, 2.05) is 0 Å². The van der Waals surface area contributed by atoms with E-state index in [2.05, 4.69) is 16.0 Å². The van der Waals surface area contributed by atoms with Gasteiger partial charge < -0.3 is 21.7 Å². The van der Waals surface area contributed by atoms with Gasteiger partial charge in [0, 0.05) is 17.3 Å². The SMILES string of the molecule is Cl.NCC(=O)NCC(=O)Nc1ccc(C(=O)NC2CC2)cc1. The molecule has 0 spiro atoms. The number of hydrogen-bond acceptors (Lipinski definition) is 4. The van der Waals surface area contributed by atoms with Gasteiger partial charge in [-0.05, 0) is 37.1 Å². The van der Waals surface area contributed by atoms with Gasteiger partial charge in [-0.3, -0.25) is 14.4 Å². The highest BCUT2D eigenvalue weighted by atomic mass is 35.5. The zero-order valence-electron chi connectivity index (χ0n) is 11.9. The summed E-state index contributed by atoms with van der Waals surface area (Å²) >= 11 is 0. The van der Waals surface area contributed by atoms with E-state index in [-0.39, 0.29) is 37.3 Å². The van der Waals surface area contributed by atoms with Gasteiger partial charge in [-0.2, -0.15) is 0 Å². The van der Waals surface area contributed by atoms with Gasteiger partial charge in [0.05, 0.1) is 13.1 Å². The minimum absolute atomic E-state index is 0. The molecule has 1 fully saturated rings. The number of carbonyl (C=O) groups is 3. The van der Waals surface area contributed by atoms with Crippen molar-refractivity contribution in [1.29, 1.82) is 0 Å². The highest BCUT2D eigenvalue weighted by Gasteiger charge is 2.23. The second-order valence-electron chi connectivity index (χ2n) is 4.85. The van der Waals surface area contributed by atoms with Crippen LogP contribution in [0.25, 0.3) is 0 Å². The third-order valence-corrected chi connectivity index (χ3v) is 2.97. The summed E-state index contributed by atoms with van der Waals surface area (Å²) in [5.41, 5.74) is 6.23. The molecule has 1 aromatic rings. The minimum Gasteiger partial charge on any atom is -0.349 e. The summed E-state index contributed by atoms with van der Waals surface area (Å²) in [4.78, 5) is 34.3. The molecule has 1 saturated carbocycles. The van der Waals surface area contributed by atoms with Crippen molar-refractivity contribution in [3.05, 3.63) is 29.8 Å². The van der Waals surface area contributed by atoms with Crippen LogP contribution in [0.1, 0.15) is 23.2 Å². The van der Waals surface area contributed by atoms with Gasteiger partial charge in [-0.15, -0.1) is 12.4 Å². The largest absolute Gasteiger partial charge is 0.349 e. The van der Waals surface area contributed by atoms with Crippen LogP contribution in [0.5, 0.6) is 0 Å². The van der Waals surface area contributed by atoms with Gasteiger partial charge in [-0.25, -0.2) is 0 Å². The number of carbonyl (C=O) groups excluding carboxylic acids is 3. The molecule has 8 heteroatoms. The predicted octanol–water partition coefficient (Wildman–Crippen LogP) is 0.0140. The van der Waals surface area contributed by atoms with Crippen LogP contribution in [0, 0.1) is 0 Å². The molecule has 3 amide bonds. The summed E-state index contributed by atoms with van der Waals surface area (Å²) in [6.45, 7) is -0.294. The fourth-order valence-corrected chi connectivity index (χ4v) is 1.66. The fraction of sp³-hybridized carbons (Fsp3) is 0.357. The van der Waals surface area contributed by atoms with Crippen LogP contribution in [0.15, 0.2) is 24.3 Å². The second-order valence-corrected chi connectivity index (χ2v) is 4.85. The average Bonchev–Trinajstić information content (AvgIpc) is 3.29. The summed E-state index contributed by atoms with van der Waals surface area (Å²) in [6.07, 6.45) is 2.07. The lowest BCUT2D eigenvalue weighted by molar-refractivity contribution is -0.123. The monoisotopic (exact) mass is 326 g/mol. The van der Waals surface area contributed by atoms with E-state index in [9.17, 15) is 14.4 Å². The Morgan fingerprint density at radius 1 is 1.09 bits per heavy atom. The standard InChI is InChI=1S/C14H18N4O3.ClH/c15-7-12(19)16-8-13(20)17-10-3-1-9(2-4-10)14(21)18-11-5-6-11;/h1-4,11H,5-8,15H2,(H,16,19)(H,17,20)(H,18,21);1H. The Bertz CT molecular complexity index is 544. The quantitative estimate of drug-likeness (QED) is 0.590. The van der Waals surface area contributed by atoms with Crippen LogP contribution in [-0.4, -0.2) is 36.9 Å². The molecule has 120 valence electrons. The zero-order valence-corrected chi connectivity index (χ0v) is 12.7. The Hall–Kier alpha value is -2.12. The Morgan fingerprint density at radius 2 is 1.73 bits per heavy atom. The first-order chi connectivity index (χ1) is 10.1. The van der Waals surface area contributed by atoms with Crippen molar-refractivity contribution in [2.24, 2.45) is 5.73 Å². The average molecular weight is 327 g/mol. The van der Waals surface area contributed by atoms with E-state index in [0.29, 0.717) is 17.3 Å². The van der Waals surface area contributed by atoms with Crippen LogP contribution < -0.4 is 21.7 Å². The lowest BCUT2D eigenvalue weighted by atomic mass is 10.2. The highest BCUT2D eigenvalue weighted by molar-refractivity contribution is 5.97. The van der Waals surface area contributed by atoms with Gasteiger partial charge in [0.15, 0.2) is 0 Å². The van der Waals surface area contributed by atoms with Gasteiger partial charge in [0.25, 0.3) is 5.91 Å². The fourth-order valence-electron chi connectivity index (χ4n) is 1.66. The molecule has 0 radical (unpaired) electrons. The number of rotatable bonds is 6. The predicted molar refractivity (Wildman–Crippen MR) is 84.9 cm³/mol. The van der Waals surface area contributed by atoms with E-state index < -0.39 is 5.91 Å².